The molecule has 2 heterocycles. The molecule has 0 radical (unpaired) electrons. The molecule has 6 rings (SSSR count). The van der Waals surface area contributed by atoms with Crippen LogP contribution in [-0.2, 0) is 19.6 Å². The van der Waals surface area contributed by atoms with Gasteiger partial charge in [-0.15, -0.1) is 0 Å². The van der Waals surface area contributed by atoms with Crippen molar-refractivity contribution in [3.8, 4) is 23.2 Å². The minimum absolute atomic E-state index is 0.0978. The predicted molar refractivity (Wildman–Crippen MR) is 168 cm³/mol. The van der Waals surface area contributed by atoms with Crippen molar-refractivity contribution in [2.24, 2.45) is 5.41 Å². The second kappa shape index (κ2) is 13.4. The molecule has 3 aromatic carbocycles. The van der Waals surface area contributed by atoms with Gasteiger partial charge >= 0.3 is 5.97 Å². The standard InChI is InChI=1S/C34H27F3N4O3.C2H6/c1-20-11-25(33(42)43)14-29-32(20)40-30(41(29)19-34(18-35)9-10-34)15-22-7-8-23(13-27(22)37)28-3-2-4-31(39-28)44-17-24-6-5-21(16-38)12-26(24)36;1-2/h2-8,11-14H,9-10,15,17-19H2,1H3,(H,42,43);1-2H3. The smallest absolute Gasteiger partial charge is 0.335 e. The van der Waals surface area contributed by atoms with E-state index in [1.807, 2.05) is 24.5 Å². The fourth-order valence-corrected chi connectivity index (χ4v) is 5.28. The largest absolute Gasteiger partial charge is 0.478 e. The van der Waals surface area contributed by atoms with E-state index in [0.29, 0.717) is 45.8 Å². The van der Waals surface area contributed by atoms with Crippen molar-refractivity contribution in [1.29, 1.82) is 5.26 Å². The number of alkyl halides is 1. The Kier molecular flexibility index (Phi) is 9.42. The molecule has 1 aliphatic carbocycles. The lowest BCUT2D eigenvalue weighted by atomic mass is 10.0. The first-order valence-corrected chi connectivity index (χ1v) is 15.0. The molecule has 0 bridgehead atoms. The van der Waals surface area contributed by atoms with Gasteiger partial charge in [-0.3, -0.25) is 4.39 Å². The SMILES string of the molecule is CC.Cc1cc(C(=O)O)cc2c1nc(Cc1ccc(-c3cccc(OCc4ccc(C#N)cc4F)n3)cc1F)n2CC1(CF)CC1. The number of aromatic carboxylic acids is 1. The molecule has 7 nitrogen and oxygen atoms in total. The molecular weight excluding hydrogens is 593 g/mol. The van der Waals surface area contributed by atoms with Crippen LogP contribution >= 0.6 is 0 Å². The van der Waals surface area contributed by atoms with E-state index in [1.165, 1.54) is 18.2 Å². The van der Waals surface area contributed by atoms with Gasteiger partial charge in [0.2, 0.25) is 5.88 Å². The quantitative estimate of drug-likeness (QED) is 0.168. The molecule has 0 amide bonds. The van der Waals surface area contributed by atoms with E-state index in [0.717, 1.165) is 18.9 Å². The Bertz CT molecular complexity index is 1960. The van der Waals surface area contributed by atoms with Crippen LogP contribution in [-0.4, -0.2) is 32.3 Å². The molecule has 1 N–H and O–H groups in total. The first-order chi connectivity index (χ1) is 22.2. The number of nitriles is 1. The zero-order valence-corrected chi connectivity index (χ0v) is 25.8. The Morgan fingerprint density at radius 1 is 1.02 bits per heavy atom. The van der Waals surface area contributed by atoms with Crippen molar-refractivity contribution in [3.05, 3.63) is 112 Å². The summed E-state index contributed by atoms with van der Waals surface area (Å²) in [6.45, 7) is 5.52. The van der Waals surface area contributed by atoms with Gasteiger partial charge in [0.05, 0.1) is 40.6 Å². The van der Waals surface area contributed by atoms with E-state index in [9.17, 15) is 18.7 Å². The highest BCUT2D eigenvalue weighted by molar-refractivity contribution is 5.94. The van der Waals surface area contributed by atoms with E-state index >= 15 is 4.39 Å². The van der Waals surface area contributed by atoms with Crippen molar-refractivity contribution in [2.75, 3.05) is 6.67 Å². The number of benzene rings is 3. The molecule has 0 atom stereocenters. The Balaban J connectivity index is 0.00000204. The number of carbonyl (C=O) groups is 1. The van der Waals surface area contributed by atoms with E-state index < -0.39 is 29.7 Å². The summed E-state index contributed by atoms with van der Waals surface area (Å²) in [4.78, 5) is 20.9. The highest BCUT2D eigenvalue weighted by atomic mass is 19.1. The van der Waals surface area contributed by atoms with Gasteiger partial charge in [0.15, 0.2) is 0 Å². The van der Waals surface area contributed by atoms with Crippen molar-refractivity contribution < 1.29 is 27.8 Å². The number of carboxylic acid groups (broad SMARTS) is 1. The summed E-state index contributed by atoms with van der Waals surface area (Å²) in [6.07, 6.45) is 1.57. The number of nitrogens with zero attached hydrogens (tertiary/aromatic N) is 4. The third-order valence-corrected chi connectivity index (χ3v) is 8.08. The predicted octanol–water partition coefficient (Wildman–Crippen LogP) is 8.20. The monoisotopic (exact) mass is 626 g/mol. The first kappa shape index (κ1) is 32.2. The van der Waals surface area contributed by atoms with Gasteiger partial charge in [-0.1, -0.05) is 38.1 Å². The fraction of sp³-hybridized carbons (Fsp3) is 0.278. The van der Waals surface area contributed by atoms with E-state index in [1.54, 1.807) is 49.4 Å². The summed E-state index contributed by atoms with van der Waals surface area (Å²) in [5.41, 5.74) is 3.30. The summed E-state index contributed by atoms with van der Waals surface area (Å²) in [6, 6.07) is 18.9. The lowest BCUT2D eigenvalue weighted by Gasteiger charge is -2.16. The number of rotatable bonds is 10. The molecule has 2 aromatic heterocycles. The van der Waals surface area contributed by atoms with Crippen molar-refractivity contribution in [2.45, 2.75) is 53.2 Å². The third kappa shape index (κ3) is 6.74. The Morgan fingerprint density at radius 2 is 1.76 bits per heavy atom. The maximum atomic E-state index is 15.6. The second-order valence-corrected chi connectivity index (χ2v) is 11.3. The Hall–Kier alpha value is -5.17. The number of ether oxygens (including phenoxy) is 1. The molecule has 1 fully saturated rings. The minimum Gasteiger partial charge on any atom is -0.478 e. The molecule has 0 saturated heterocycles. The van der Waals surface area contributed by atoms with Crippen LogP contribution in [0.3, 0.4) is 0 Å². The lowest BCUT2D eigenvalue weighted by Crippen LogP contribution is -2.16. The van der Waals surface area contributed by atoms with Crippen LogP contribution in [0.25, 0.3) is 22.3 Å². The fourth-order valence-electron chi connectivity index (χ4n) is 5.28. The number of pyridine rings is 1. The van der Waals surface area contributed by atoms with E-state index in [-0.39, 0.29) is 35.6 Å². The maximum absolute atomic E-state index is 15.6. The molecule has 5 aromatic rings. The number of halogens is 3. The number of imidazole rings is 1. The molecular formula is C36H33F3N4O3. The van der Waals surface area contributed by atoms with Crippen LogP contribution in [0, 0.1) is 35.3 Å². The van der Waals surface area contributed by atoms with Gasteiger partial charge in [-0.25, -0.2) is 23.5 Å². The summed E-state index contributed by atoms with van der Waals surface area (Å²) >= 11 is 0. The van der Waals surface area contributed by atoms with Gasteiger partial charge in [0.25, 0.3) is 0 Å². The van der Waals surface area contributed by atoms with Crippen molar-refractivity contribution >= 4 is 17.0 Å². The van der Waals surface area contributed by atoms with Crippen LogP contribution in [0.5, 0.6) is 5.88 Å². The van der Waals surface area contributed by atoms with Gasteiger partial charge in [0.1, 0.15) is 24.1 Å². The number of hydrogen-bond acceptors (Lipinski definition) is 5. The number of aromatic nitrogens is 3. The minimum atomic E-state index is -1.07. The molecule has 0 spiro atoms. The molecule has 46 heavy (non-hydrogen) atoms. The maximum Gasteiger partial charge on any atom is 0.335 e. The average molecular weight is 627 g/mol. The molecule has 0 aliphatic heterocycles. The highest BCUT2D eigenvalue weighted by Crippen LogP contribution is 2.48. The Morgan fingerprint density at radius 3 is 2.41 bits per heavy atom. The summed E-state index contributed by atoms with van der Waals surface area (Å²) in [5, 5.41) is 18.5. The van der Waals surface area contributed by atoms with Gasteiger partial charge in [-0.2, -0.15) is 5.26 Å². The summed E-state index contributed by atoms with van der Waals surface area (Å²) in [5.74, 6) is -1.35. The average Bonchev–Trinajstić information content (AvgIpc) is 3.77. The zero-order valence-electron chi connectivity index (χ0n) is 25.8. The molecule has 0 unspecified atom stereocenters. The second-order valence-electron chi connectivity index (χ2n) is 11.3. The van der Waals surface area contributed by atoms with Gasteiger partial charge in [-0.05, 0) is 67.3 Å². The number of carboxylic acids is 1. The van der Waals surface area contributed by atoms with E-state index in [2.05, 4.69) is 4.98 Å². The summed E-state index contributed by atoms with van der Waals surface area (Å²) in [7, 11) is 0. The van der Waals surface area contributed by atoms with Crippen LogP contribution in [0.2, 0.25) is 0 Å². The van der Waals surface area contributed by atoms with Crippen LogP contribution in [0.4, 0.5) is 13.2 Å². The van der Waals surface area contributed by atoms with Crippen LogP contribution in [0.15, 0.2) is 66.7 Å². The third-order valence-electron chi connectivity index (χ3n) is 8.08. The van der Waals surface area contributed by atoms with Gasteiger partial charge in [0, 0.05) is 35.6 Å². The lowest BCUT2D eigenvalue weighted by molar-refractivity contribution is 0.0697. The molecule has 1 aliphatic rings. The van der Waals surface area contributed by atoms with Crippen LogP contribution < -0.4 is 4.74 Å². The Labute approximate surface area is 264 Å². The molecule has 236 valence electrons. The van der Waals surface area contributed by atoms with Crippen LogP contribution in [0.1, 0.15) is 65.1 Å². The highest BCUT2D eigenvalue weighted by Gasteiger charge is 2.44. The number of aryl methyl sites for hydroxylation is 1. The summed E-state index contributed by atoms with van der Waals surface area (Å²) < 4.78 is 51.2. The normalized spacial score (nSPS) is 13.1. The molecule has 10 heteroatoms. The topological polar surface area (TPSA) is 101 Å². The zero-order chi connectivity index (χ0) is 33.0. The van der Waals surface area contributed by atoms with Crippen molar-refractivity contribution in [3.63, 3.8) is 0 Å². The molecule has 1 saturated carbocycles. The van der Waals surface area contributed by atoms with Crippen molar-refractivity contribution in [1.82, 2.24) is 14.5 Å². The number of hydrogen-bond donors (Lipinski definition) is 1. The number of fused-ring (bicyclic) bond motifs is 1. The first-order valence-electron chi connectivity index (χ1n) is 15.0. The van der Waals surface area contributed by atoms with Gasteiger partial charge < -0.3 is 14.4 Å². The van der Waals surface area contributed by atoms with E-state index in [4.69, 9.17) is 15.0 Å².